The van der Waals surface area contributed by atoms with Crippen LogP contribution in [0.3, 0.4) is 0 Å². The highest BCUT2D eigenvalue weighted by atomic mass is 16.2. The van der Waals surface area contributed by atoms with Crippen LogP contribution < -0.4 is 5.32 Å². The van der Waals surface area contributed by atoms with Gasteiger partial charge in [-0.2, -0.15) is 0 Å². The zero-order valence-electron chi connectivity index (χ0n) is 12.9. The molecule has 3 fully saturated rings. The van der Waals surface area contributed by atoms with Crippen molar-refractivity contribution in [3.8, 4) is 0 Å². The summed E-state index contributed by atoms with van der Waals surface area (Å²) in [7, 11) is 0. The first kappa shape index (κ1) is 14.3. The molecule has 1 amide bonds. The van der Waals surface area contributed by atoms with Gasteiger partial charge in [-0.15, -0.1) is 0 Å². The van der Waals surface area contributed by atoms with Crippen LogP contribution in [0.4, 0.5) is 0 Å². The molecule has 0 saturated carbocycles. The van der Waals surface area contributed by atoms with Crippen molar-refractivity contribution >= 4 is 5.91 Å². The van der Waals surface area contributed by atoms with Crippen LogP contribution in [0.2, 0.25) is 0 Å². The van der Waals surface area contributed by atoms with E-state index in [1.54, 1.807) is 0 Å². The van der Waals surface area contributed by atoms with Crippen molar-refractivity contribution in [3.63, 3.8) is 0 Å². The van der Waals surface area contributed by atoms with E-state index in [1.807, 2.05) is 0 Å². The third kappa shape index (κ3) is 2.60. The Morgan fingerprint density at radius 1 is 1.20 bits per heavy atom. The smallest absolute Gasteiger partial charge is 0.228 e. The first-order valence-corrected chi connectivity index (χ1v) is 8.49. The van der Waals surface area contributed by atoms with E-state index in [-0.39, 0.29) is 5.41 Å². The summed E-state index contributed by atoms with van der Waals surface area (Å²) in [6.07, 6.45) is 6.79. The van der Waals surface area contributed by atoms with Gasteiger partial charge < -0.3 is 10.2 Å². The largest absolute Gasteiger partial charge is 0.341 e. The van der Waals surface area contributed by atoms with Crippen molar-refractivity contribution in [3.05, 3.63) is 0 Å². The minimum absolute atomic E-state index is 0.0704. The number of fused-ring (bicyclic) bond motifs is 1. The van der Waals surface area contributed by atoms with Gasteiger partial charge in [0, 0.05) is 25.7 Å². The van der Waals surface area contributed by atoms with Crippen LogP contribution in [0.5, 0.6) is 0 Å². The molecule has 0 aromatic heterocycles. The first-order valence-electron chi connectivity index (χ1n) is 8.49. The van der Waals surface area contributed by atoms with Crippen molar-refractivity contribution in [2.75, 3.05) is 39.3 Å². The van der Waals surface area contributed by atoms with E-state index in [0.717, 1.165) is 51.9 Å². The zero-order chi connectivity index (χ0) is 14.0. The summed E-state index contributed by atoms with van der Waals surface area (Å²) < 4.78 is 0. The van der Waals surface area contributed by atoms with Crippen molar-refractivity contribution in [1.29, 1.82) is 0 Å². The number of carbonyl (C=O) groups excluding carboxylic acids is 1. The molecule has 20 heavy (non-hydrogen) atoms. The van der Waals surface area contributed by atoms with Gasteiger partial charge in [-0.1, -0.05) is 6.92 Å². The van der Waals surface area contributed by atoms with Crippen molar-refractivity contribution in [2.45, 2.75) is 51.5 Å². The average Bonchev–Trinajstić information content (AvgIpc) is 2.84. The monoisotopic (exact) mass is 279 g/mol. The minimum atomic E-state index is -0.0704. The van der Waals surface area contributed by atoms with Crippen LogP contribution in [-0.4, -0.2) is 61.0 Å². The normalized spacial score (nSPS) is 30.9. The second kappa shape index (κ2) is 6.02. The van der Waals surface area contributed by atoms with E-state index >= 15 is 0 Å². The van der Waals surface area contributed by atoms with Gasteiger partial charge in [-0.05, 0) is 58.2 Å². The first-order chi connectivity index (χ1) is 9.75. The van der Waals surface area contributed by atoms with Gasteiger partial charge in [0.15, 0.2) is 0 Å². The molecule has 1 unspecified atom stereocenters. The van der Waals surface area contributed by atoms with Crippen LogP contribution >= 0.6 is 0 Å². The second-order valence-electron chi connectivity index (χ2n) is 6.82. The van der Waals surface area contributed by atoms with Crippen molar-refractivity contribution < 1.29 is 4.79 Å². The van der Waals surface area contributed by atoms with E-state index in [0.29, 0.717) is 11.9 Å². The molecule has 4 nitrogen and oxygen atoms in total. The third-order valence-electron chi connectivity index (χ3n) is 5.78. The Labute approximate surface area is 122 Å². The van der Waals surface area contributed by atoms with Crippen LogP contribution in [0.25, 0.3) is 0 Å². The van der Waals surface area contributed by atoms with Crippen LogP contribution in [0, 0.1) is 5.41 Å². The van der Waals surface area contributed by atoms with Crippen molar-refractivity contribution in [2.24, 2.45) is 5.41 Å². The molecule has 4 heteroatoms. The molecule has 0 spiro atoms. The van der Waals surface area contributed by atoms with E-state index in [1.165, 1.54) is 25.9 Å². The summed E-state index contributed by atoms with van der Waals surface area (Å²) in [5.74, 6) is 0.454. The molecule has 0 aromatic carbocycles. The maximum Gasteiger partial charge on any atom is 0.228 e. The van der Waals surface area contributed by atoms with E-state index in [9.17, 15) is 4.79 Å². The van der Waals surface area contributed by atoms with Gasteiger partial charge in [0.2, 0.25) is 5.91 Å². The van der Waals surface area contributed by atoms with E-state index in [4.69, 9.17) is 0 Å². The molecule has 3 aliphatic heterocycles. The lowest BCUT2D eigenvalue weighted by atomic mass is 9.75. The highest BCUT2D eigenvalue weighted by Gasteiger charge is 2.42. The summed E-state index contributed by atoms with van der Waals surface area (Å²) in [5, 5.41) is 3.40. The molecule has 0 bridgehead atoms. The number of carbonyl (C=O) groups is 1. The Bertz CT molecular complexity index is 352. The molecule has 114 valence electrons. The lowest BCUT2D eigenvalue weighted by Crippen LogP contribution is -2.51. The van der Waals surface area contributed by atoms with Gasteiger partial charge >= 0.3 is 0 Å². The maximum absolute atomic E-state index is 13.1. The number of rotatable bonds is 2. The quantitative estimate of drug-likeness (QED) is 0.831. The molecule has 3 saturated heterocycles. The minimum Gasteiger partial charge on any atom is -0.341 e. The van der Waals surface area contributed by atoms with Crippen molar-refractivity contribution in [1.82, 2.24) is 15.1 Å². The summed E-state index contributed by atoms with van der Waals surface area (Å²) >= 11 is 0. The average molecular weight is 279 g/mol. The molecule has 1 N–H and O–H groups in total. The standard InChI is InChI=1S/C16H29N3O/c1-2-16(6-8-17-9-7-16)15(20)19-12-4-11-18-10-3-5-14(18)13-19/h14,17H,2-13H2,1H3. The molecule has 3 rings (SSSR count). The molecule has 0 radical (unpaired) electrons. The number of piperidine rings is 1. The number of amides is 1. The van der Waals surface area contributed by atoms with Gasteiger partial charge in [-0.25, -0.2) is 0 Å². The molecule has 0 aromatic rings. The predicted octanol–water partition coefficient (Wildman–Crippen LogP) is 1.46. The lowest BCUT2D eigenvalue weighted by Gasteiger charge is -2.40. The number of hydrogen-bond acceptors (Lipinski definition) is 3. The lowest BCUT2D eigenvalue weighted by molar-refractivity contribution is -0.144. The third-order valence-corrected chi connectivity index (χ3v) is 5.78. The second-order valence-corrected chi connectivity index (χ2v) is 6.82. The SMILES string of the molecule is CCC1(C(=O)N2CCCN3CCCC3C2)CCNCC1. The zero-order valence-corrected chi connectivity index (χ0v) is 12.9. The van der Waals surface area contributed by atoms with Gasteiger partial charge in [0.1, 0.15) is 0 Å². The van der Waals surface area contributed by atoms with E-state index in [2.05, 4.69) is 22.0 Å². The van der Waals surface area contributed by atoms with Crippen LogP contribution in [0.1, 0.15) is 45.4 Å². The fourth-order valence-electron chi connectivity index (χ4n) is 4.35. The molecule has 0 aliphatic carbocycles. The highest BCUT2D eigenvalue weighted by Crippen LogP contribution is 2.35. The Hall–Kier alpha value is -0.610. The fourth-order valence-corrected chi connectivity index (χ4v) is 4.35. The predicted molar refractivity (Wildman–Crippen MR) is 80.6 cm³/mol. The van der Waals surface area contributed by atoms with E-state index < -0.39 is 0 Å². The topological polar surface area (TPSA) is 35.6 Å². The molecular formula is C16H29N3O. The number of hydrogen-bond donors (Lipinski definition) is 1. The summed E-state index contributed by atoms with van der Waals surface area (Å²) in [6, 6.07) is 0.636. The molecular weight excluding hydrogens is 250 g/mol. The van der Waals surface area contributed by atoms with Crippen LogP contribution in [0.15, 0.2) is 0 Å². The summed E-state index contributed by atoms with van der Waals surface area (Å²) in [6.45, 7) is 8.59. The van der Waals surface area contributed by atoms with Gasteiger partial charge in [0.25, 0.3) is 0 Å². The Kier molecular flexibility index (Phi) is 4.32. The molecule has 3 aliphatic rings. The Morgan fingerprint density at radius 2 is 1.95 bits per heavy atom. The Balaban J connectivity index is 1.71. The Morgan fingerprint density at radius 3 is 2.70 bits per heavy atom. The fraction of sp³-hybridized carbons (Fsp3) is 0.938. The highest BCUT2D eigenvalue weighted by molar-refractivity contribution is 5.83. The summed E-state index contributed by atoms with van der Waals surface area (Å²) in [5.41, 5.74) is -0.0704. The van der Waals surface area contributed by atoms with Gasteiger partial charge in [-0.3, -0.25) is 9.69 Å². The molecule has 1 atom stereocenters. The maximum atomic E-state index is 13.1. The number of nitrogens with one attached hydrogen (secondary N) is 1. The number of nitrogens with zero attached hydrogens (tertiary/aromatic N) is 2. The molecule has 3 heterocycles. The summed E-state index contributed by atoms with van der Waals surface area (Å²) in [4.78, 5) is 17.9. The van der Waals surface area contributed by atoms with Crippen LogP contribution in [-0.2, 0) is 4.79 Å². The van der Waals surface area contributed by atoms with Gasteiger partial charge in [0.05, 0.1) is 5.41 Å².